The molecule has 0 unspecified atom stereocenters. The van der Waals surface area contributed by atoms with Crippen molar-refractivity contribution in [2.24, 2.45) is 5.92 Å². The SMILES string of the molecule is CCCOc1ccc(OCCN2CC[C@H](O)C[C@@H]2C2CC2)cc1. The predicted octanol–water partition coefficient (Wildman–Crippen LogP) is 3.09. The Labute approximate surface area is 139 Å². The molecule has 128 valence electrons. The maximum Gasteiger partial charge on any atom is 0.119 e. The lowest BCUT2D eigenvalue weighted by Crippen LogP contribution is -2.47. The monoisotopic (exact) mass is 319 g/mol. The summed E-state index contributed by atoms with van der Waals surface area (Å²) < 4.78 is 11.5. The highest BCUT2D eigenvalue weighted by Crippen LogP contribution is 2.39. The first-order valence-corrected chi connectivity index (χ1v) is 9.04. The molecule has 4 nitrogen and oxygen atoms in total. The highest BCUT2D eigenvalue weighted by Gasteiger charge is 2.38. The third kappa shape index (κ3) is 4.85. The van der Waals surface area contributed by atoms with Crippen LogP contribution in [-0.4, -0.2) is 48.5 Å². The lowest BCUT2D eigenvalue weighted by molar-refractivity contribution is 0.0262. The van der Waals surface area contributed by atoms with Crippen molar-refractivity contribution in [3.63, 3.8) is 0 Å². The summed E-state index contributed by atoms with van der Waals surface area (Å²) in [6.45, 7) is 5.50. The van der Waals surface area contributed by atoms with Crippen LogP contribution in [0.3, 0.4) is 0 Å². The number of aliphatic hydroxyl groups is 1. The van der Waals surface area contributed by atoms with Gasteiger partial charge in [-0.2, -0.15) is 0 Å². The van der Waals surface area contributed by atoms with Gasteiger partial charge < -0.3 is 14.6 Å². The van der Waals surface area contributed by atoms with Gasteiger partial charge in [-0.25, -0.2) is 0 Å². The molecule has 2 atom stereocenters. The molecule has 0 spiro atoms. The van der Waals surface area contributed by atoms with Crippen LogP contribution in [0.15, 0.2) is 24.3 Å². The minimum Gasteiger partial charge on any atom is -0.494 e. The summed E-state index contributed by atoms with van der Waals surface area (Å²) in [4.78, 5) is 2.52. The van der Waals surface area contributed by atoms with E-state index in [2.05, 4.69) is 11.8 Å². The van der Waals surface area contributed by atoms with Crippen LogP contribution in [0, 0.1) is 5.92 Å². The van der Waals surface area contributed by atoms with E-state index in [4.69, 9.17) is 9.47 Å². The minimum atomic E-state index is -0.103. The standard InChI is InChI=1S/C19H29NO3/c1-2-12-22-17-5-7-18(8-6-17)23-13-11-20-10-9-16(21)14-19(20)15-3-4-15/h5-8,15-16,19,21H,2-4,9-14H2,1H3/t16-,19+/m0/s1. The quantitative estimate of drug-likeness (QED) is 0.799. The van der Waals surface area contributed by atoms with E-state index in [1.165, 1.54) is 12.8 Å². The van der Waals surface area contributed by atoms with Crippen LogP contribution >= 0.6 is 0 Å². The molecule has 1 saturated carbocycles. The van der Waals surface area contributed by atoms with Crippen molar-refractivity contribution in [2.75, 3.05) is 26.3 Å². The molecule has 0 bridgehead atoms. The summed E-state index contributed by atoms with van der Waals surface area (Å²) in [5, 5.41) is 9.90. The van der Waals surface area contributed by atoms with E-state index in [0.29, 0.717) is 12.6 Å². The summed E-state index contributed by atoms with van der Waals surface area (Å²) in [7, 11) is 0. The second-order valence-corrected chi connectivity index (χ2v) is 6.79. The summed E-state index contributed by atoms with van der Waals surface area (Å²) in [6.07, 6.45) is 5.40. The Morgan fingerprint density at radius 1 is 1.04 bits per heavy atom. The van der Waals surface area contributed by atoms with Crippen LogP contribution in [0.1, 0.15) is 39.0 Å². The Bertz CT molecular complexity index is 472. The van der Waals surface area contributed by atoms with Gasteiger partial charge in [-0.1, -0.05) is 6.92 Å². The normalized spacial score (nSPS) is 25.3. The molecule has 1 saturated heterocycles. The molecule has 1 aromatic carbocycles. The molecule has 1 aromatic rings. The molecule has 4 heteroatoms. The number of aliphatic hydroxyl groups excluding tert-OH is 1. The van der Waals surface area contributed by atoms with Crippen molar-refractivity contribution in [1.82, 2.24) is 4.90 Å². The lowest BCUT2D eigenvalue weighted by Gasteiger charge is -2.38. The van der Waals surface area contributed by atoms with Gasteiger partial charge in [0, 0.05) is 19.1 Å². The van der Waals surface area contributed by atoms with E-state index in [-0.39, 0.29) is 6.10 Å². The topological polar surface area (TPSA) is 41.9 Å². The molecule has 1 aliphatic carbocycles. The largest absolute Gasteiger partial charge is 0.494 e. The zero-order valence-electron chi connectivity index (χ0n) is 14.1. The molecule has 23 heavy (non-hydrogen) atoms. The molecule has 0 radical (unpaired) electrons. The predicted molar refractivity (Wildman–Crippen MR) is 91.0 cm³/mol. The Morgan fingerprint density at radius 2 is 1.70 bits per heavy atom. The van der Waals surface area contributed by atoms with Gasteiger partial charge >= 0.3 is 0 Å². The molecule has 0 amide bonds. The first-order valence-electron chi connectivity index (χ1n) is 9.04. The Kier molecular flexibility index (Phi) is 5.79. The van der Waals surface area contributed by atoms with Crippen molar-refractivity contribution < 1.29 is 14.6 Å². The number of nitrogens with zero attached hydrogens (tertiary/aromatic N) is 1. The maximum atomic E-state index is 9.90. The van der Waals surface area contributed by atoms with Gasteiger partial charge in [-0.15, -0.1) is 0 Å². The van der Waals surface area contributed by atoms with Gasteiger partial charge in [0.05, 0.1) is 12.7 Å². The van der Waals surface area contributed by atoms with E-state index < -0.39 is 0 Å². The van der Waals surface area contributed by atoms with Crippen LogP contribution < -0.4 is 9.47 Å². The van der Waals surface area contributed by atoms with E-state index in [9.17, 15) is 5.11 Å². The number of piperidine rings is 1. The van der Waals surface area contributed by atoms with Crippen molar-refractivity contribution in [2.45, 2.75) is 51.2 Å². The van der Waals surface area contributed by atoms with Crippen LogP contribution in [0.2, 0.25) is 0 Å². The number of hydrogen-bond acceptors (Lipinski definition) is 4. The highest BCUT2D eigenvalue weighted by atomic mass is 16.5. The second kappa shape index (κ2) is 8.02. The Hall–Kier alpha value is -1.26. The number of hydrogen-bond donors (Lipinski definition) is 1. The lowest BCUT2D eigenvalue weighted by atomic mass is 9.96. The molecule has 1 heterocycles. The van der Waals surface area contributed by atoms with E-state index in [0.717, 1.165) is 56.4 Å². The molecular formula is C19H29NO3. The molecule has 2 aliphatic rings. The third-order valence-electron chi connectivity index (χ3n) is 4.84. The number of ether oxygens (including phenoxy) is 2. The van der Waals surface area contributed by atoms with Gasteiger partial charge in [-0.3, -0.25) is 4.90 Å². The fourth-order valence-corrected chi connectivity index (χ4v) is 3.41. The summed E-state index contributed by atoms with van der Waals surface area (Å²) >= 11 is 0. The van der Waals surface area contributed by atoms with E-state index in [1.807, 2.05) is 24.3 Å². The van der Waals surface area contributed by atoms with Gasteiger partial charge in [-0.05, 0) is 62.3 Å². The van der Waals surface area contributed by atoms with Gasteiger partial charge in [0.15, 0.2) is 0 Å². The minimum absolute atomic E-state index is 0.103. The van der Waals surface area contributed by atoms with Crippen LogP contribution in [0.4, 0.5) is 0 Å². The fraction of sp³-hybridized carbons (Fsp3) is 0.684. The van der Waals surface area contributed by atoms with Crippen molar-refractivity contribution in [3.05, 3.63) is 24.3 Å². The smallest absolute Gasteiger partial charge is 0.119 e. The van der Waals surface area contributed by atoms with Crippen LogP contribution in [0.25, 0.3) is 0 Å². The van der Waals surface area contributed by atoms with E-state index in [1.54, 1.807) is 0 Å². The average Bonchev–Trinajstić information content (AvgIpc) is 3.40. The first-order chi connectivity index (χ1) is 11.3. The second-order valence-electron chi connectivity index (χ2n) is 6.79. The molecule has 2 fully saturated rings. The third-order valence-corrected chi connectivity index (χ3v) is 4.84. The van der Waals surface area contributed by atoms with Crippen molar-refractivity contribution >= 4 is 0 Å². The number of rotatable bonds is 8. The molecule has 1 N–H and O–H groups in total. The summed E-state index contributed by atoms with van der Waals surface area (Å²) in [5.74, 6) is 2.60. The summed E-state index contributed by atoms with van der Waals surface area (Å²) in [6, 6.07) is 8.45. The molecule has 1 aliphatic heterocycles. The van der Waals surface area contributed by atoms with Gasteiger partial charge in [0.1, 0.15) is 18.1 Å². The van der Waals surface area contributed by atoms with Crippen LogP contribution in [0.5, 0.6) is 11.5 Å². The van der Waals surface area contributed by atoms with E-state index >= 15 is 0 Å². The van der Waals surface area contributed by atoms with Crippen LogP contribution in [-0.2, 0) is 0 Å². The fourth-order valence-electron chi connectivity index (χ4n) is 3.41. The Morgan fingerprint density at radius 3 is 2.30 bits per heavy atom. The zero-order chi connectivity index (χ0) is 16.1. The molecule has 3 rings (SSSR count). The number of benzene rings is 1. The molecule has 0 aromatic heterocycles. The van der Waals surface area contributed by atoms with Crippen molar-refractivity contribution in [3.8, 4) is 11.5 Å². The zero-order valence-corrected chi connectivity index (χ0v) is 14.1. The average molecular weight is 319 g/mol. The Balaban J connectivity index is 1.43. The summed E-state index contributed by atoms with van der Waals surface area (Å²) in [5.41, 5.74) is 0. The highest BCUT2D eigenvalue weighted by molar-refractivity contribution is 5.31. The first kappa shape index (κ1) is 16.6. The van der Waals surface area contributed by atoms with Gasteiger partial charge in [0.25, 0.3) is 0 Å². The number of likely N-dealkylation sites (tertiary alicyclic amines) is 1. The van der Waals surface area contributed by atoms with Gasteiger partial charge in [0.2, 0.25) is 0 Å². The maximum absolute atomic E-state index is 9.90. The van der Waals surface area contributed by atoms with Crippen molar-refractivity contribution in [1.29, 1.82) is 0 Å². The molecular weight excluding hydrogens is 290 g/mol.